The first-order chi connectivity index (χ1) is 7.56. The molecule has 0 N–H and O–H groups in total. The Morgan fingerprint density at radius 3 is 2.69 bits per heavy atom. The lowest BCUT2D eigenvalue weighted by atomic mass is 10.4. The summed E-state index contributed by atoms with van der Waals surface area (Å²) in [5.74, 6) is 1.08. The summed E-state index contributed by atoms with van der Waals surface area (Å²) in [6.45, 7) is 6.41. The van der Waals surface area contributed by atoms with E-state index in [1.54, 1.807) is 23.1 Å². The molecule has 1 aromatic rings. The Morgan fingerprint density at radius 1 is 1.50 bits per heavy atom. The van der Waals surface area contributed by atoms with E-state index in [2.05, 4.69) is 30.3 Å². The summed E-state index contributed by atoms with van der Waals surface area (Å²) in [5, 5.41) is 0. The molecule has 0 aliphatic carbocycles. The molecule has 1 aromatic heterocycles. The van der Waals surface area contributed by atoms with Crippen molar-refractivity contribution in [2.45, 2.75) is 33.6 Å². The van der Waals surface area contributed by atoms with Gasteiger partial charge in [0.05, 0.1) is 0 Å². The first-order valence-electron chi connectivity index (χ1n) is 5.40. The molecule has 0 unspecified atom stereocenters. The molecule has 2 nitrogen and oxygen atoms in total. The minimum absolute atomic E-state index is 0.755. The fourth-order valence-corrected chi connectivity index (χ4v) is 3.35. The van der Waals surface area contributed by atoms with Gasteiger partial charge in [0.2, 0.25) is 0 Å². The topological polar surface area (TPSA) is 17.3 Å². The van der Waals surface area contributed by atoms with Crippen molar-refractivity contribution in [3.8, 4) is 0 Å². The summed E-state index contributed by atoms with van der Waals surface area (Å²) in [7, 11) is 2.04. The Kier molecular flexibility index (Phi) is 5.72. The molecule has 16 heavy (non-hydrogen) atoms. The van der Waals surface area contributed by atoms with Gasteiger partial charge in [-0.25, -0.2) is 4.99 Å². The minimum atomic E-state index is 0.755. The molecule has 1 heterocycles. The number of nitrogens with zero attached hydrogens (tertiary/aromatic N) is 2. The largest absolute Gasteiger partial charge is 0.324 e. The van der Waals surface area contributed by atoms with Gasteiger partial charge in [0.25, 0.3) is 0 Å². The number of aromatic nitrogens is 1. The fraction of sp³-hybridized carbons (Fsp3) is 0.636. The zero-order valence-corrected chi connectivity index (χ0v) is 12.7. The minimum Gasteiger partial charge on any atom is -0.324 e. The van der Waals surface area contributed by atoms with Gasteiger partial charge in [-0.05, 0) is 20.3 Å². The third-order valence-electron chi connectivity index (χ3n) is 2.45. The number of thiocarbonyl (C=S) groups is 1. The molecular weight excluding hydrogens is 256 g/mol. The van der Waals surface area contributed by atoms with Gasteiger partial charge in [-0.15, -0.1) is 11.3 Å². The van der Waals surface area contributed by atoms with Crippen LogP contribution in [0.1, 0.15) is 30.3 Å². The Morgan fingerprint density at radius 2 is 2.19 bits per heavy atom. The van der Waals surface area contributed by atoms with E-state index in [0.29, 0.717) is 0 Å². The molecule has 0 saturated carbocycles. The molecule has 0 aliphatic heterocycles. The van der Waals surface area contributed by atoms with Crippen molar-refractivity contribution in [3.63, 3.8) is 0 Å². The molecule has 0 spiro atoms. The Bertz CT molecular complexity index is 429. The van der Waals surface area contributed by atoms with Crippen LogP contribution in [0.3, 0.4) is 0 Å². The lowest BCUT2D eigenvalue weighted by Gasteiger charge is -1.97. The van der Waals surface area contributed by atoms with E-state index >= 15 is 0 Å². The Labute approximate surface area is 111 Å². The highest BCUT2D eigenvalue weighted by atomic mass is 32.2. The van der Waals surface area contributed by atoms with Crippen LogP contribution in [0.2, 0.25) is 0 Å². The third-order valence-corrected chi connectivity index (χ3v) is 4.88. The summed E-state index contributed by atoms with van der Waals surface area (Å²) in [6.07, 6.45) is 2.41. The molecule has 0 bridgehead atoms. The van der Waals surface area contributed by atoms with Crippen molar-refractivity contribution in [2.75, 3.05) is 5.75 Å². The van der Waals surface area contributed by atoms with Gasteiger partial charge in [-0.3, -0.25) is 0 Å². The lowest BCUT2D eigenvalue weighted by molar-refractivity contribution is 0.834. The summed E-state index contributed by atoms with van der Waals surface area (Å²) in [5.41, 5.74) is 1.27. The van der Waals surface area contributed by atoms with Gasteiger partial charge in [-0.1, -0.05) is 37.3 Å². The Balaban J connectivity index is 2.75. The molecule has 0 atom stereocenters. The van der Waals surface area contributed by atoms with Crippen LogP contribution in [0.5, 0.6) is 0 Å². The van der Waals surface area contributed by atoms with E-state index in [1.807, 2.05) is 7.05 Å². The van der Waals surface area contributed by atoms with Gasteiger partial charge in [-0.2, -0.15) is 0 Å². The fourth-order valence-electron chi connectivity index (χ4n) is 1.17. The molecule has 1 rings (SSSR count). The van der Waals surface area contributed by atoms with E-state index in [1.165, 1.54) is 23.4 Å². The van der Waals surface area contributed by atoms with Crippen LogP contribution >= 0.6 is 35.3 Å². The average molecular weight is 274 g/mol. The summed E-state index contributed by atoms with van der Waals surface area (Å²) in [6, 6.07) is 0. The smallest absolute Gasteiger partial charge is 0.191 e. The summed E-state index contributed by atoms with van der Waals surface area (Å²) >= 11 is 8.63. The normalized spacial score (nSPS) is 12.1. The van der Waals surface area contributed by atoms with E-state index in [4.69, 9.17) is 12.2 Å². The maximum absolute atomic E-state index is 5.25. The highest BCUT2D eigenvalue weighted by Gasteiger charge is 2.02. The summed E-state index contributed by atoms with van der Waals surface area (Å²) in [4.78, 5) is 6.80. The zero-order valence-electron chi connectivity index (χ0n) is 10.2. The van der Waals surface area contributed by atoms with E-state index in [9.17, 15) is 0 Å². The van der Waals surface area contributed by atoms with E-state index < -0.39 is 0 Å². The van der Waals surface area contributed by atoms with Crippen molar-refractivity contribution in [3.05, 3.63) is 15.4 Å². The third kappa shape index (κ3) is 3.71. The van der Waals surface area contributed by atoms with Gasteiger partial charge < -0.3 is 4.57 Å². The molecule has 0 amide bonds. The van der Waals surface area contributed by atoms with Gasteiger partial charge in [0.15, 0.2) is 9.12 Å². The number of aryl methyl sites for hydroxylation is 1. The standard InChI is InChI=1S/C11H18N2S3/c1-5-6-7-15-11(14)12-10-13(4)8(2)9(3)16-10/h5-7H2,1-4H3. The number of thiazole rings is 1. The second-order valence-corrected chi connectivity index (χ2v) is 6.58. The van der Waals surface area contributed by atoms with Crippen molar-refractivity contribution in [2.24, 2.45) is 12.0 Å². The number of unbranched alkanes of at least 4 members (excludes halogenated alkanes) is 1. The monoisotopic (exact) mass is 274 g/mol. The molecule has 0 radical (unpaired) electrons. The van der Waals surface area contributed by atoms with Gasteiger partial charge >= 0.3 is 0 Å². The molecule has 0 aliphatic rings. The first-order valence-corrected chi connectivity index (χ1v) is 7.61. The number of rotatable bonds is 3. The Hall–Kier alpha value is -0.130. The van der Waals surface area contributed by atoms with Crippen molar-refractivity contribution >= 4 is 39.6 Å². The molecule has 90 valence electrons. The molecule has 0 fully saturated rings. The molecular formula is C11H18N2S3. The van der Waals surface area contributed by atoms with E-state index in [0.717, 1.165) is 14.9 Å². The number of hydrogen-bond acceptors (Lipinski definition) is 3. The quantitative estimate of drug-likeness (QED) is 0.620. The average Bonchev–Trinajstić information content (AvgIpc) is 2.47. The van der Waals surface area contributed by atoms with E-state index in [-0.39, 0.29) is 0 Å². The first kappa shape index (κ1) is 13.9. The maximum Gasteiger partial charge on any atom is 0.191 e. The van der Waals surface area contributed by atoms with Crippen molar-refractivity contribution in [1.29, 1.82) is 0 Å². The van der Waals surface area contributed by atoms with Crippen LogP contribution in [0.15, 0.2) is 4.99 Å². The van der Waals surface area contributed by atoms with Crippen LogP contribution in [-0.2, 0) is 7.05 Å². The maximum atomic E-state index is 5.25. The van der Waals surface area contributed by atoms with Crippen LogP contribution in [0, 0.1) is 13.8 Å². The van der Waals surface area contributed by atoms with Crippen molar-refractivity contribution in [1.82, 2.24) is 4.57 Å². The SMILES string of the molecule is CCCCSC(=S)N=c1sc(C)c(C)n1C. The van der Waals surface area contributed by atoms with Crippen LogP contribution < -0.4 is 4.80 Å². The molecule has 0 saturated heterocycles. The van der Waals surface area contributed by atoms with Gasteiger partial charge in [0.1, 0.15) is 0 Å². The highest BCUT2D eigenvalue weighted by molar-refractivity contribution is 8.23. The number of thioether (sulfide) groups is 1. The second kappa shape index (κ2) is 6.57. The number of hydrogen-bond donors (Lipinski definition) is 0. The van der Waals surface area contributed by atoms with Crippen LogP contribution in [0.25, 0.3) is 0 Å². The predicted molar refractivity (Wildman–Crippen MR) is 78.3 cm³/mol. The van der Waals surface area contributed by atoms with Gasteiger partial charge in [0, 0.05) is 23.4 Å². The summed E-state index contributed by atoms with van der Waals surface area (Å²) < 4.78 is 2.86. The second-order valence-electron chi connectivity index (χ2n) is 3.66. The van der Waals surface area contributed by atoms with Crippen LogP contribution in [0.4, 0.5) is 0 Å². The predicted octanol–water partition coefficient (Wildman–Crippen LogP) is 3.42. The lowest BCUT2D eigenvalue weighted by Crippen LogP contribution is -2.13. The van der Waals surface area contributed by atoms with Crippen molar-refractivity contribution < 1.29 is 0 Å². The molecule has 0 aromatic carbocycles. The highest BCUT2D eigenvalue weighted by Crippen LogP contribution is 2.11. The van der Waals surface area contributed by atoms with Crippen LogP contribution in [-0.4, -0.2) is 14.6 Å². The molecule has 5 heteroatoms. The zero-order chi connectivity index (χ0) is 12.1.